The number of benzene rings is 1. The number of anilines is 1. The summed E-state index contributed by atoms with van der Waals surface area (Å²) in [5.74, 6) is 0.106. The molecule has 1 aromatic heterocycles. The van der Waals surface area contributed by atoms with Crippen LogP contribution in [-0.2, 0) is 16.0 Å². The number of carbonyl (C=O) groups is 2. The van der Waals surface area contributed by atoms with E-state index in [-0.39, 0.29) is 24.3 Å². The number of hydrogen-bond donors (Lipinski definition) is 1. The lowest BCUT2D eigenvalue weighted by atomic mass is 9.92. The van der Waals surface area contributed by atoms with Crippen molar-refractivity contribution in [2.45, 2.75) is 45.6 Å². The highest BCUT2D eigenvalue weighted by Crippen LogP contribution is 2.39. The lowest BCUT2D eigenvalue weighted by Crippen LogP contribution is -2.33. The summed E-state index contributed by atoms with van der Waals surface area (Å²) in [5, 5.41) is 12.3. The minimum Gasteiger partial charge on any atom is -0.497 e. The molecule has 0 aliphatic carbocycles. The Morgan fingerprint density at radius 2 is 2.04 bits per heavy atom. The SMILES string of the molecule is CCCCN1C(=O)CC(C(=O)Nc2nnc(CC)s2)C1c1ccc(OC)cc1. The highest BCUT2D eigenvalue weighted by atomic mass is 32.1. The topological polar surface area (TPSA) is 84.4 Å². The van der Waals surface area contributed by atoms with E-state index in [0.717, 1.165) is 35.6 Å². The maximum Gasteiger partial charge on any atom is 0.232 e. The number of unbranched alkanes of at least 4 members (excludes halogenated alkanes) is 1. The average Bonchev–Trinajstić information content (AvgIpc) is 3.30. The van der Waals surface area contributed by atoms with Crippen molar-refractivity contribution < 1.29 is 14.3 Å². The Kier molecular flexibility index (Phi) is 6.61. The van der Waals surface area contributed by atoms with Crippen LogP contribution in [-0.4, -0.2) is 40.6 Å². The number of ether oxygens (including phenoxy) is 1. The molecule has 1 fully saturated rings. The molecule has 8 heteroatoms. The van der Waals surface area contributed by atoms with E-state index in [1.807, 2.05) is 36.1 Å². The number of carbonyl (C=O) groups excluding carboxylic acids is 2. The van der Waals surface area contributed by atoms with Crippen molar-refractivity contribution in [3.63, 3.8) is 0 Å². The molecule has 1 aliphatic rings. The fourth-order valence-corrected chi connectivity index (χ4v) is 4.16. The zero-order valence-electron chi connectivity index (χ0n) is 16.5. The Labute approximate surface area is 169 Å². The molecule has 2 atom stereocenters. The fourth-order valence-electron chi connectivity index (χ4n) is 3.48. The number of nitrogens with zero attached hydrogens (tertiary/aromatic N) is 3. The molecule has 0 radical (unpaired) electrons. The van der Waals surface area contributed by atoms with Gasteiger partial charge in [0.25, 0.3) is 0 Å². The van der Waals surface area contributed by atoms with Crippen molar-refractivity contribution in [3.05, 3.63) is 34.8 Å². The van der Waals surface area contributed by atoms with Crippen molar-refractivity contribution >= 4 is 28.3 Å². The summed E-state index contributed by atoms with van der Waals surface area (Å²) >= 11 is 1.37. The molecule has 1 N–H and O–H groups in total. The largest absolute Gasteiger partial charge is 0.497 e. The Morgan fingerprint density at radius 1 is 1.29 bits per heavy atom. The average molecular weight is 403 g/mol. The van der Waals surface area contributed by atoms with E-state index in [2.05, 4.69) is 22.4 Å². The number of likely N-dealkylation sites (tertiary alicyclic amines) is 1. The third kappa shape index (κ3) is 4.32. The minimum atomic E-state index is -0.466. The van der Waals surface area contributed by atoms with Crippen LogP contribution in [0.1, 0.15) is 49.7 Å². The van der Waals surface area contributed by atoms with Crippen molar-refractivity contribution in [3.8, 4) is 5.75 Å². The number of methoxy groups -OCH3 is 1. The smallest absolute Gasteiger partial charge is 0.232 e. The molecule has 1 aliphatic heterocycles. The molecule has 0 bridgehead atoms. The van der Waals surface area contributed by atoms with Gasteiger partial charge in [-0.05, 0) is 30.5 Å². The first-order valence-electron chi connectivity index (χ1n) is 9.64. The second-order valence-corrected chi connectivity index (χ2v) is 7.88. The molecular formula is C20H26N4O3S. The number of rotatable bonds is 8. The third-order valence-corrected chi connectivity index (χ3v) is 5.96. The molecule has 1 saturated heterocycles. The van der Waals surface area contributed by atoms with Gasteiger partial charge in [0.1, 0.15) is 10.8 Å². The van der Waals surface area contributed by atoms with E-state index < -0.39 is 5.92 Å². The molecule has 2 heterocycles. The normalized spacial score (nSPS) is 19.1. The van der Waals surface area contributed by atoms with Gasteiger partial charge >= 0.3 is 0 Å². The van der Waals surface area contributed by atoms with Crippen LogP contribution in [0.2, 0.25) is 0 Å². The van der Waals surface area contributed by atoms with Crippen LogP contribution in [0, 0.1) is 5.92 Å². The van der Waals surface area contributed by atoms with Gasteiger partial charge in [-0.1, -0.05) is 43.7 Å². The Balaban J connectivity index is 1.85. The van der Waals surface area contributed by atoms with Gasteiger partial charge in [0.05, 0.1) is 19.1 Å². The van der Waals surface area contributed by atoms with E-state index in [0.29, 0.717) is 11.7 Å². The van der Waals surface area contributed by atoms with Gasteiger partial charge < -0.3 is 15.0 Å². The quantitative estimate of drug-likeness (QED) is 0.731. The number of hydrogen-bond acceptors (Lipinski definition) is 6. The first-order valence-corrected chi connectivity index (χ1v) is 10.5. The third-order valence-electron chi connectivity index (χ3n) is 4.98. The van der Waals surface area contributed by atoms with Gasteiger partial charge in [-0.2, -0.15) is 0 Å². The Morgan fingerprint density at radius 3 is 2.64 bits per heavy atom. The van der Waals surface area contributed by atoms with Gasteiger partial charge in [-0.15, -0.1) is 10.2 Å². The molecule has 0 saturated carbocycles. The summed E-state index contributed by atoms with van der Waals surface area (Å²) in [4.78, 5) is 27.5. The lowest BCUT2D eigenvalue weighted by Gasteiger charge is -2.28. The molecule has 2 aromatic rings. The molecule has 1 aromatic carbocycles. The maximum atomic E-state index is 13.0. The maximum absolute atomic E-state index is 13.0. The predicted octanol–water partition coefficient (Wildman–Crippen LogP) is 3.44. The lowest BCUT2D eigenvalue weighted by molar-refractivity contribution is -0.129. The van der Waals surface area contributed by atoms with Gasteiger partial charge in [0, 0.05) is 13.0 Å². The van der Waals surface area contributed by atoms with Gasteiger partial charge in [0.2, 0.25) is 16.9 Å². The number of nitrogens with one attached hydrogen (secondary N) is 1. The van der Waals surface area contributed by atoms with Crippen LogP contribution in [0.15, 0.2) is 24.3 Å². The first kappa shape index (κ1) is 20.3. The van der Waals surface area contributed by atoms with E-state index in [4.69, 9.17) is 4.74 Å². The zero-order chi connectivity index (χ0) is 20.1. The van der Waals surface area contributed by atoms with Crippen molar-refractivity contribution in [1.29, 1.82) is 0 Å². The van der Waals surface area contributed by atoms with Gasteiger partial charge in [0.15, 0.2) is 0 Å². The summed E-state index contributed by atoms with van der Waals surface area (Å²) < 4.78 is 5.24. The molecule has 3 rings (SSSR count). The van der Waals surface area contributed by atoms with Crippen LogP contribution in [0.5, 0.6) is 5.75 Å². The van der Waals surface area contributed by atoms with Gasteiger partial charge in [-0.25, -0.2) is 0 Å². The number of amides is 2. The Hall–Kier alpha value is -2.48. The minimum absolute atomic E-state index is 0.0147. The van der Waals surface area contributed by atoms with Crippen LogP contribution < -0.4 is 10.1 Å². The molecule has 2 amide bonds. The predicted molar refractivity (Wildman–Crippen MR) is 108 cm³/mol. The van der Waals surface area contributed by atoms with E-state index in [9.17, 15) is 9.59 Å². The molecular weight excluding hydrogens is 376 g/mol. The fraction of sp³-hybridized carbons (Fsp3) is 0.500. The first-order chi connectivity index (χ1) is 13.6. The molecule has 150 valence electrons. The number of aryl methyl sites for hydroxylation is 1. The Bertz CT molecular complexity index is 821. The summed E-state index contributed by atoms with van der Waals surface area (Å²) in [7, 11) is 1.62. The molecule has 28 heavy (non-hydrogen) atoms. The van der Waals surface area contributed by atoms with E-state index in [1.165, 1.54) is 11.3 Å². The van der Waals surface area contributed by atoms with Crippen molar-refractivity contribution in [2.24, 2.45) is 5.92 Å². The summed E-state index contributed by atoms with van der Waals surface area (Å²) in [5.41, 5.74) is 0.939. The van der Waals surface area contributed by atoms with E-state index >= 15 is 0 Å². The van der Waals surface area contributed by atoms with E-state index in [1.54, 1.807) is 7.11 Å². The van der Waals surface area contributed by atoms with Crippen LogP contribution in [0.4, 0.5) is 5.13 Å². The van der Waals surface area contributed by atoms with Crippen LogP contribution >= 0.6 is 11.3 Å². The standard InChI is InChI=1S/C20H26N4O3S/c1-4-6-11-24-17(25)12-15(18(24)13-7-9-14(27-3)10-8-13)19(26)21-20-23-22-16(5-2)28-20/h7-10,15,18H,4-6,11-12H2,1-3H3,(H,21,23,26). The van der Waals surface area contributed by atoms with Crippen LogP contribution in [0.3, 0.4) is 0 Å². The number of aromatic nitrogens is 2. The second kappa shape index (κ2) is 9.14. The highest BCUT2D eigenvalue weighted by molar-refractivity contribution is 7.15. The second-order valence-electron chi connectivity index (χ2n) is 6.81. The van der Waals surface area contributed by atoms with Crippen molar-refractivity contribution in [2.75, 3.05) is 19.0 Å². The van der Waals surface area contributed by atoms with Crippen LogP contribution in [0.25, 0.3) is 0 Å². The molecule has 0 spiro atoms. The highest BCUT2D eigenvalue weighted by Gasteiger charge is 2.44. The summed E-state index contributed by atoms with van der Waals surface area (Å²) in [6.07, 6.45) is 2.87. The molecule has 2 unspecified atom stereocenters. The van der Waals surface area contributed by atoms with Gasteiger partial charge in [-0.3, -0.25) is 9.59 Å². The summed E-state index contributed by atoms with van der Waals surface area (Å²) in [6.45, 7) is 4.73. The monoisotopic (exact) mass is 402 g/mol. The zero-order valence-corrected chi connectivity index (χ0v) is 17.3. The molecule has 7 nitrogen and oxygen atoms in total. The summed E-state index contributed by atoms with van der Waals surface area (Å²) in [6, 6.07) is 7.30. The van der Waals surface area contributed by atoms with Crippen molar-refractivity contribution in [1.82, 2.24) is 15.1 Å².